The summed E-state index contributed by atoms with van der Waals surface area (Å²) in [5.74, 6) is 0.786. The van der Waals surface area contributed by atoms with E-state index in [1.54, 1.807) is 23.1 Å². The largest absolute Gasteiger partial charge is 0.356 e. The fourth-order valence-corrected chi connectivity index (χ4v) is 4.15. The second kappa shape index (κ2) is 7.25. The van der Waals surface area contributed by atoms with Crippen molar-refractivity contribution in [1.82, 2.24) is 19.6 Å². The molecule has 0 amide bonds. The van der Waals surface area contributed by atoms with E-state index in [-0.39, 0.29) is 0 Å². The van der Waals surface area contributed by atoms with Gasteiger partial charge in [0.05, 0.1) is 5.69 Å². The quantitative estimate of drug-likeness (QED) is 0.512. The van der Waals surface area contributed by atoms with Crippen molar-refractivity contribution in [3.05, 3.63) is 71.7 Å². The zero-order chi connectivity index (χ0) is 17.1. The van der Waals surface area contributed by atoms with E-state index in [4.69, 9.17) is 4.98 Å². The van der Waals surface area contributed by atoms with E-state index in [9.17, 15) is 0 Å². The highest BCUT2D eigenvalue weighted by molar-refractivity contribution is 8.00. The summed E-state index contributed by atoms with van der Waals surface area (Å²) in [6.07, 6.45) is 4.10. The molecule has 0 aliphatic rings. The van der Waals surface area contributed by atoms with Gasteiger partial charge >= 0.3 is 0 Å². The number of thioether (sulfide) groups is 1. The van der Waals surface area contributed by atoms with Crippen molar-refractivity contribution in [1.29, 1.82) is 0 Å². The van der Waals surface area contributed by atoms with Gasteiger partial charge in [0, 0.05) is 24.7 Å². The lowest BCUT2D eigenvalue weighted by Gasteiger charge is -2.00. The lowest BCUT2D eigenvalue weighted by atomic mass is 10.2. The minimum atomic E-state index is 0.756. The smallest absolute Gasteiger partial charge is 0.206 e. The van der Waals surface area contributed by atoms with Crippen LogP contribution in [0.15, 0.2) is 59.2 Å². The molecule has 0 spiro atoms. The van der Waals surface area contributed by atoms with Crippen LogP contribution >= 0.6 is 23.1 Å². The third-order valence-corrected chi connectivity index (χ3v) is 5.81. The van der Waals surface area contributed by atoms with Crippen molar-refractivity contribution in [2.45, 2.75) is 23.6 Å². The van der Waals surface area contributed by atoms with Gasteiger partial charge in [0.15, 0.2) is 4.34 Å². The number of rotatable bonds is 6. The number of hydrogen-bond donors (Lipinski definition) is 1. The Hall–Kier alpha value is -2.38. The number of anilines is 1. The van der Waals surface area contributed by atoms with Crippen molar-refractivity contribution < 1.29 is 0 Å². The standard InChI is InChI=1S/C18H17N5S2/c1-13-6-5-9-23-11-15(20-16(13)23)12-24-18-22-21-17(25-18)19-10-14-7-3-2-4-8-14/h2-9,11H,10,12H2,1H3,(H,19,21). The number of pyridine rings is 1. The molecule has 0 radical (unpaired) electrons. The van der Waals surface area contributed by atoms with Crippen molar-refractivity contribution in [3.63, 3.8) is 0 Å². The Morgan fingerprint density at radius 1 is 1.12 bits per heavy atom. The van der Waals surface area contributed by atoms with Crippen LogP contribution in [0.25, 0.3) is 5.65 Å². The molecule has 7 heteroatoms. The van der Waals surface area contributed by atoms with E-state index in [1.807, 2.05) is 30.5 Å². The summed E-state index contributed by atoms with van der Waals surface area (Å²) in [6, 6.07) is 14.4. The van der Waals surface area contributed by atoms with E-state index in [0.29, 0.717) is 0 Å². The molecule has 4 aromatic rings. The van der Waals surface area contributed by atoms with Crippen LogP contribution in [0.5, 0.6) is 0 Å². The first-order chi connectivity index (χ1) is 12.3. The number of nitrogens with zero attached hydrogens (tertiary/aromatic N) is 4. The first-order valence-electron chi connectivity index (χ1n) is 7.95. The molecule has 0 bridgehead atoms. The van der Waals surface area contributed by atoms with Crippen LogP contribution in [0, 0.1) is 6.92 Å². The summed E-state index contributed by atoms with van der Waals surface area (Å²) in [5.41, 5.74) is 4.47. The summed E-state index contributed by atoms with van der Waals surface area (Å²) in [6.45, 7) is 2.83. The highest BCUT2D eigenvalue weighted by Gasteiger charge is 2.08. The van der Waals surface area contributed by atoms with Crippen LogP contribution in [0.1, 0.15) is 16.8 Å². The van der Waals surface area contributed by atoms with Gasteiger partial charge in [-0.2, -0.15) is 0 Å². The molecular formula is C18H17N5S2. The Kier molecular flexibility index (Phi) is 4.67. The van der Waals surface area contributed by atoms with Crippen LogP contribution in [-0.2, 0) is 12.3 Å². The fourth-order valence-electron chi connectivity index (χ4n) is 2.52. The van der Waals surface area contributed by atoms with Gasteiger partial charge in [-0.15, -0.1) is 10.2 Å². The average molecular weight is 368 g/mol. The summed E-state index contributed by atoms with van der Waals surface area (Å²) >= 11 is 3.24. The monoisotopic (exact) mass is 367 g/mol. The van der Waals surface area contributed by atoms with Crippen LogP contribution in [0.3, 0.4) is 0 Å². The van der Waals surface area contributed by atoms with E-state index >= 15 is 0 Å². The van der Waals surface area contributed by atoms with Gasteiger partial charge in [0.2, 0.25) is 5.13 Å². The van der Waals surface area contributed by atoms with E-state index in [0.717, 1.165) is 33.1 Å². The third kappa shape index (κ3) is 3.83. The van der Waals surface area contributed by atoms with Crippen LogP contribution in [0.4, 0.5) is 5.13 Å². The van der Waals surface area contributed by atoms with Gasteiger partial charge in [-0.05, 0) is 24.1 Å². The van der Waals surface area contributed by atoms with E-state index < -0.39 is 0 Å². The minimum absolute atomic E-state index is 0.756. The van der Waals surface area contributed by atoms with Crippen LogP contribution in [0.2, 0.25) is 0 Å². The Morgan fingerprint density at radius 2 is 2.00 bits per heavy atom. The zero-order valence-electron chi connectivity index (χ0n) is 13.7. The second-order valence-corrected chi connectivity index (χ2v) is 7.86. The molecule has 5 nitrogen and oxygen atoms in total. The van der Waals surface area contributed by atoms with Crippen molar-refractivity contribution in [3.8, 4) is 0 Å². The van der Waals surface area contributed by atoms with E-state index in [2.05, 4.69) is 51.2 Å². The van der Waals surface area contributed by atoms with Crippen LogP contribution < -0.4 is 5.32 Å². The first-order valence-corrected chi connectivity index (χ1v) is 9.75. The van der Waals surface area contributed by atoms with E-state index in [1.165, 1.54) is 11.1 Å². The number of hydrogen-bond acceptors (Lipinski definition) is 6. The average Bonchev–Trinajstić information content (AvgIpc) is 3.26. The Bertz CT molecular complexity index is 977. The normalized spacial score (nSPS) is 11.1. The van der Waals surface area contributed by atoms with Gasteiger partial charge < -0.3 is 9.72 Å². The maximum atomic E-state index is 4.69. The summed E-state index contributed by atoms with van der Waals surface area (Å²) < 4.78 is 3.02. The lowest BCUT2D eigenvalue weighted by Crippen LogP contribution is -1.98. The van der Waals surface area contributed by atoms with Crippen molar-refractivity contribution >= 4 is 33.9 Å². The first kappa shape index (κ1) is 16.1. The van der Waals surface area contributed by atoms with Crippen molar-refractivity contribution in [2.24, 2.45) is 0 Å². The number of aromatic nitrogens is 4. The Balaban J connectivity index is 1.36. The number of fused-ring (bicyclic) bond motifs is 1. The van der Waals surface area contributed by atoms with Gasteiger partial charge in [0.25, 0.3) is 0 Å². The highest BCUT2D eigenvalue weighted by Crippen LogP contribution is 2.28. The second-order valence-electron chi connectivity index (χ2n) is 5.66. The molecule has 0 atom stereocenters. The molecule has 0 fully saturated rings. The molecule has 0 unspecified atom stereocenters. The molecule has 0 aliphatic heterocycles. The number of benzene rings is 1. The minimum Gasteiger partial charge on any atom is -0.356 e. The molecule has 3 aromatic heterocycles. The van der Waals surface area contributed by atoms with Crippen LogP contribution in [-0.4, -0.2) is 19.6 Å². The molecule has 126 valence electrons. The van der Waals surface area contributed by atoms with Gasteiger partial charge in [0.1, 0.15) is 5.65 Å². The molecular weight excluding hydrogens is 350 g/mol. The number of imidazole rings is 1. The number of nitrogens with one attached hydrogen (secondary N) is 1. The number of aryl methyl sites for hydroxylation is 1. The Labute approximate surface area is 154 Å². The third-order valence-electron chi connectivity index (χ3n) is 3.76. The summed E-state index contributed by atoms with van der Waals surface area (Å²) in [7, 11) is 0. The molecule has 0 saturated carbocycles. The molecule has 0 aliphatic carbocycles. The molecule has 25 heavy (non-hydrogen) atoms. The van der Waals surface area contributed by atoms with Gasteiger partial charge in [-0.3, -0.25) is 0 Å². The SMILES string of the molecule is Cc1cccn2cc(CSc3nnc(NCc4ccccc4)s3)nc12. The topological polar surface area (TPSA) is 55.1 Å². The summed E-state index contributed by atoms with van der Waals surface area (Å²) in [5, 5.41) is 12.6. The van der Waals surface area contributed by atoms with Gasteiger partial charge in [-0.25, -0.2) is 4.98 Å². The highest BCUT2D eigenvalue weighted by atomic mass is 32.2. The predicted molar refractivity (Wildman–Crippen MR) is 103 cm³/mol. The Morgan fingerprint density at radius 3 is 2.84 bits per heavy atom. The molecule has 0 saturated heterocycles. The maximum Gasteiger partial charge on any atom is 0.206 e. The maximum absolute atomic E-state index is 4.69. The molecule has 4 rings (SSSR count). The molecule has 1 N–H and O–H groups in total. The van der Waals surface area contributed by atoms with Gasteiger partial charge in [-0.1, -0.05) is 59.5 Å². The fraction of sp³-hybridized carbons (Fsp3) is 0.167. The lowest BCUT2D eigenvalue weighted by molar-refractivity contribution is 0.994. The van der Waals surface area contributed by atoms with Crippen molar-refractivity contribution in [2.75, 3.05) is 5.32 Å². The predicted octanol–water partition coefficient (Wildman–Crippen LogP) is 4.40. The summed E-state index contributed by atoms with van der Waals surface area (Å²) in [4.78, 5) is 4.69. The zero-order valence-corrected chi connectivity index (χ0v) is 15.3. The molecule has 1 aromatic carbocycles. The molecule has 3 heterocycles.